The molecule has 0 N–H and O–H groups in total. The summed E-state index contributed by atoms with van der Waals surface area (Å²) in [5, 5.41) is 7.32. The van der Waals surface area contributed by atoms with Crippen molar-refractivity contribution >= 4 is 60.4 Å². The standard InChI is InChI=1S/C67H46N2/c1-67(2)61-43-46(34-37-53(61)57-40-41-58-54-30-18-19-31-62(54)69(66(58)65(57)67)51-28-16-7-17-29-51)33-32-45-35-38-55-59(42-45)63(47-20-8-3-9-21-47)56-39-36-52(44-60(56)64(55)48-22-10-4-11-23-48)68(49-24-12-5-13-25-49)50-26-14-6-15-27-50/h3-31,34-44H,1-2H3. The lowest BCUT2D eigenvalue weighted by Gasteiger charge is -2.27. The summed E-state index contributed by atoms with van der Waals surface area (Å²) in [6.45, 7) is 4.77. The number of anilines is 3. The predicted molar refractivity (Wildman–Crippen MR) is 291 cm³/mol. The number of nitrogens with zero attached hydrogens (tertiary/aromatic N) is 2. The molecule has 12 aromatic rings. The van der Waals surface area contributed by atoms with Gasteiger partial charge in [-0.15, -0.1) is 0 Å². The minimum absolute atomic E-state index is 0.260. The number of hydrogen-bond acceptors (Lipinski definition) is 1. The topological polar surface area (TPSA) is 8.17 Å². The fourth-order valence-electron chi connectivity index (χ4n) is 11.3. The highest BCUT2D eigenvalue weighted by Crippen LogP contribution is 2.53. The molecule has 1 aromatic heterocycles. The molecule has 1 aliphatic carbocycles. The molecule has 0 amide bonds. The van der Waals surface area contributed by atoms with Gasteiger partial charge in [-0.05, 0) is 145 Å². The largest absolute Gasteiger partial charge is 0.310 e. The van der Waals surface area contributed by atoms with E-state index in [1.54, 1.807) is 0 Å². The van der Waals surface area contributed by atoms with Gasteiger partial charge < -0.3 is 9.47 Å². The van der Waals surface area contributed by atoms with Gasteiger partial charge >= 0.3 is 0 Å². The fraction of sp³-hybridized carbons (Fsp3) is 0.0448. The zero-order valence-corrected chi connectivity index (χ0v) is 38.5. The zero-order chi connectivity index (χ0) is 46.1. The van der Waals surface area contributed by atoms with Crippen molar-refractivity contribution < 1.29 is 0 Å². The van der Waals surface area contributed by atoms with Gasteiger partial charge in [-0.1, -0.05) is 189 Å². The Morgan fingerprint density at radius 3 is 1.51 bits per heavy atom. The maximum Gasteiger partial charge on any atom is 0.0588 e. The number of para-hydroxylation sites is 4. The summed E-state index contributed by atoms with van der Waals surface area (Å²) in [4.78, 5) is 2.35. The molecule has 69 heavy (non-hydrogen) atoms. The van der Waals surface area contributed by atoms with Crippen molar-refractivity contribution in [1.82, 2.24) is 4.57 Å². The van der Waals surface area contributed by atoms with Crippen molar-refractivity contribution in [3.63, 3.8) is 0 Å². The maximum absolute atomic E-state index is 3.66. The van der Waals surface area contributed by atoms with E-state index in [1.807, 2.05) is 0 Å². The highest BCUT2D eigenvalue weighted by Gasteiger charge is 2.39. The summed E-state index contributed by atoms with van der Waals surface area (Å²) in [6, 6.07) is 88.0. The molecule has 0 saturated heterocycles. The molecule has 0 saturated carbocycles. The zero-order valence-electron chi connectivity index (χ0n) is 38.5. The van der Waals surface area contributed by atoms with E-state index in [9.17, 15) is 0 Å². The Kier molecular flexibility index (Phi) is 9.46. The average molecular weight is 879 g/mol. The SMILES string of the molecule is CC1(C)c2cc(C#Cc3ccc4c(-c5ccccc5)c5cc(N(c6ccccc6)c6ccccc6)ccc5c(-c5ccccc5)c4c3)ccc2-c2ccc3c4ccccc4n(-c4ccccc4)c3c21. The summed E-state index contributed by atoms with van der Waals surface area (Å²) in [6.07, 6.45) is 0. The summed E-state index contributed by atoms with van der Waals surface area (Å²) in [5.41, 5.74) is 18.7. The maximum atomic E-state index is 3.66. The second kappa shape index (κ2) is 16.2. The average Bonchev–Trinajstić information content (AvgIpc) is 3.86. The van der Waals surface area contributed by atoms with Gasteiger partial charge in [0, 0.05) is 50.1 Å². The lowest BCUT2D eigenvalue weighted by Crippen LogP contribution is -2.16. The van der Waals surface area contributed by atoms with Crippen LogP contribution in [0.1, 0.15) is 36.1 Å². The van der Waals surface area contributed by atoms with E-state index in [1.165, 1.54) is 93.5 Å². The molecule has 0 radical (unpaired) electrons. The van der Waals surface area contributed by atoms with Crippen molar-refractivity contribution in [2.45, 2.75) is 19.3 Å². The third-order valence-electron chi connectivity index (χ3n) is 14.3. The first-order valence-electron chi connectivity index (χ1n) is 23.8. The first kappa shape index (κ1) is 40.4. The molecule has 0 bridgehead atoms. The van der Waals surface area contributed by atoms with Crippen LogP contribution in [0.2, 0.25) is 0 Å². The molecule has 13 rings (SSSR count). The third-order valence-corrected chi connectivity index (χ3v) is 14.3. The van der Waals surface area contributed by atoms with Crippen molar-refractivity contribution in [2.75, 3.05) is 4.90 Å². The minimum Gasteiger partial charge on any atom is -0.310 e. The minimum atomic E-state index is -0.260. The first-order chi connectivity index (χ1) is 34.0. The van der Waals surface area contributed by atoms with E-state index < -0.39 is 0 Å². The van der Waals surface area contributed by atoms with Crippen LogP contribution in [0.4, 0.5) is 17.1 Å². The molecule has 1 heterocycles. The lowest BCUT2D eigenvalue weighted by atomic mass is 9.81. The Morgan fingerprint density at radius 1 is 0.377 bits per heavy atom. The quantitative estimate of drug-likeness (QED) is 0.119. The van der Waals surface area contributed by atoms with Crippen LogP contribution in [0.15, 0.2) is 243 Å². The Balaban J connectivity index is 0.967. The molecule has 0 atom stereocenters. The van der Waals surface area contributed by atoms with E-state index in [-0.39, 0.29) is 5.41 Å². The van der Waals surface area contributed by atoms with Crippen molar-refractivity contribution in [1.29, 1.82) is 0 Å². The van der Waals surface area contributed by atoms with E-state index in [2.05, 4.69) is 278 Å². The summed E-state index contributed by atoms with van der Waals surface area (Å²) in [7, 11) is 0. The summed E-state index contributed by atoms with van der Waals surface area (Å²) >= 11 is 0. The fourth-order valence-corrected chi connectivity index (χ4v) is 11.3. The van der Waals surface area contributed by atoms with E-state index >= 15 is 0 Å². The van der Waals surface area contributed by atoms with Crippen LogP contribution in [0.25, 0.3) is 82.4 Å². The van der Waals surface area contributed by atoms with E-state index in [0.717, 1.165) is 28.2 Å². The van der Waals surface area contributed by atoms with Crippen LogP contribution in [0.3, 0.4) is 0 Å². The van der Waals surface area contributed by atoms with Gasteiger partial charge in [0.2, 0.25) is 0 Å². The number of fused-ring (bicyclic) bond motifs is 9. The van der Waals surface area contributed by atoms with E-state index in [4.69, 9.17) is 0 Å². The third kappa shape index (κ3) is 6.58. The Morgan fingerprint density at radius 2 is 0.870 bits per heavy atom. The van der Waals surface area contributed by atoms with Gasteiger partial charge in [0.05, 0.1) is 11.0 Å². The first-order valence-corrected chi connectivity index (χ1v) is 23.8. The van der Waals surface area contributed by atoms with Crippen LogP contribution < -0.4 is 4.90 Å². The van der Waals surface area contributed by atoms with Gasteiger partial charge in [-0.2, -0.15) is 0 Å². The molecule has 2 heteroatoms. The van der Waals surface area contributed by atoms with Gasteiger partial charge in [-0.3, -0.25) is 0 Å². The molecule has 324 valence electrons. The predicted octanol–water partition coefficient (Wildman–Crippen LogP) is 17.6. The second-order valence-electron chi connectivity index (χ2n) is 18.7. The monoisotopic (exact) mass is 878 g/mol. The van der Waals surface area contributed by atoms with Gasteiger partial charge in [-0.25, -0.2) is 0 Å². The normalized spacial score (nSPS) is 12.5. The van der Waals surface area contributed by atoms with Crippen LogP contribution in [-0.4, -0.2) is 4.57 Å². The van der Waals surface area contributed by atoms with Crippen molar-refractivity contribution in [3.8, 4) is 50.9 Å². The molecular weight excluding hydrogens is 833 g/mol. The van der Waals surface area contributed by atoms with Gasteiger partial charge in [0.25, 0.3) is 0 Å². The molecule has 1 aliphatic rings. The van der Waals surface area contributed by atoms with Gasteiger partial charge in [0.1, 0.15) is 0 Å². The molecule has 11 aromatic carbocycles. The summed E-state index contributed by atoms with van der Waals surface area (Å²) < 4.78 is 2.47. The smallest absolute Gasteiger partial charge is 0.0588 e. The highest BCUT2D eigenvalue weighted by atomic mass is 15.1. The van der Waals surface area contributed by atoms with Crippen LogP contribution in [0.5, 0.6) is 0 Å². The van der Waals surface area contributed by atoms with Crippen LogP contribution in [0, 0.1) is 11.8 Å². The Hall–Kier alpha value is -8.90. The number of benzene rings is 11. The second-order valence-corrected chi connectivity index (χ2v) is 18.7. The van der Waals surface area contributed by atoms with Gasteiger partial charge in [0.15, 0.2) is 0 Å². The lowest BCUT2D eigenvalue weighted by molar-refractivity contribution is 0.663. The number of rotatable bonds is 6. The molecule has 2 nitrogen and oxygen atoms in total. The van der Waals surface area contributed by atoms with Crippen LogP contribution >= 0.6 is 0 Å². The Bertz CT molecular complexity index is 3970. The molecular formula is C67H46N2. The van der Waals surface area contributed by atoms with Crippen LogP contribution in [-0.2, 0) is 5.41 Å². The molecule has 0 spiro atoms. The summed E-state index contributed by atoms with van der Waals surface area (Å²) in [5.74, 6) is 7.31. The van der Waals surface area contributed by atoms with E-state index in [0.29, 0.717) is 0 Å². The van der Waals surface area contributed by atoms with Crippen molar-refractivity contribution in [3.05, 3.63) is 265 Å². The van der Waals surface area contributed by atoms with Crippen molar-refractivity contribution in [2.24, 2.45) is 0 Å². The molecule has 0 unspecified atom stereocenters. The Labute approximate surface area is 403 Å². The number of hydrogen-bond donors (Lipinski definition) is 0. The highest BCUT2D eigenvalue weighted by molar-refractivity contribution is 6.22. The molecule has 0 aliphatic heterocycles. The number of aromatic nitrogens is 1. The molecule has 0 fully saturated rings.